The van der Waals surface area contributed by atoms with E-state index >= 15 is 0 Å². The van der Waals surface area contributed by atoms with E-state index in [1.165, 1.54) is 34.6 Å². The van der Waals surface area contributed by atoms with Gasteiger partial charge in [-0.05, 0) is 42.5 Å². The van der Waals surface area contributed by atoms with Crippen molar-refractivity contribution in [3.8, 4) is 0 Å². The first kappa shape index (κ1) is 12.9. The topological polar surface area (TPSA) is 41.1 Å². The fourth-order valence-electron chi connectivity index (χ4n) is 3.29. The van der Waals surface area contributed by atoms with Gasteiger partial charge >= 0.3 is 0 Å². The van der Waals surface area contributed by atoms with Crippen molar-refractivity contribution in [1.82, 2.24) is 5.32 Å². The number of hydrogen-bond donors (Lipinski definition) is 2. The van der Waals surface area contributed by atoms with E-state index in [-0.39, 0.29) is 11.8 Å². The predicted molar refractivity (Wildman–Crippen MR) is 85.9 cm³/mol. The standard InChI is InChI=1S/C17H18N2OS/c20-17(14-10-18-15-6-2-1-5-13(14)15)19-9-12-8-11-4-3-7-16(11)21-12/h1-2,5-6,8,14,18H,3-4,7,9-10H2,(H,19,20). The van der Waals surface area contributed by atoms with E-state index in [9.17, 15) is 4.79 Å². The first-order chi connectivity index (χ1) is 10.3. The van der Waals surface area contributed by atoms with Crippen LogP contribution in [-0.4, -0.2) is 12.5 Å². The Hall–Kier alpha value is -1.81. The van der Waals surface area contributed by atoms with Crippen LogP contribution in [0.4, 0.5) is 5.69 Å². The zero-order valence-corrected chi connectivity index (χ0v) is 12.6. The number of amides is 1. The Bertz CT molecular complexity index is 670. The minimum atomic E-state index is -0.0620. The maximum absolute atomic E-state index is 12.4. The lowest BCUT2D eigenvalue weighted by Crippen LogP contribution is -2.29. The highest BCUT2D eigenvalue weighted by molar-refractivity contribution is 7.12. The predicted octanol–water partition coefficient (Wildman–Crippen LogP) is 3.06. The monoisotopic (exact) mass is 298 g/mol. The van der Waals surface area contributed by atoms with Crippen LogP contribution in [0.25, 0.3) is 0 Å². The van der Waals surface area contributed by atoms with Gasteiger partial charge in [-0.3, -0.25) is 4.79 Å². The molecule has 4 rings (SSSR count). The Kier molecular flexibility index (Phi) is 3.19. The number of benzene rings is 1. The Morgan fingerprint density at radius 1 is 1.33 bits per heavy atom. The van der Waals surface area contributed by atoms with Crippen LogP contribution in [0.15, 0.2) is 30.3 Å². The van der Waals surface area contributed by atoms with Crippen molar-refractivity contribution < 1.29 is 4.79 Å². The Morgan fingerprint density at radius 3 is 3.14 bits per heavy atom. The number of anilines is 1. The van der Waals surface area contributed by atoms with Gasteiger partial charge in [-0.15, -0.1) is 11.3 Å². The summed E-state index contributed by atoms with van der Waals surface area (Å²) in [5.74, 6) is 0.0639. The van der Waals surface area contributed by atoms with E-state index in [4.69, 9.17) is 0 Å². The van der Waals surface area contributed by atoms with Gasteiger partial charge in [0, 0.05) is 22.0 Å². The van der Waals surface area contributed by atoms with Gasteiger partial charge in [-0.25, -0.2) is 0 Å². The molecule has 2 heterocycles. The van der Waals surface area contributed by atoms with E-state index in [0.29, 0.717) is 13.1 Å². The zero-order chi connectivity index (χ0) is 14.2. The highest BCUT2D eigenvalue weighted by Crippen LogP contribution is 2.32. The van der Waals surface area contributed by atoms with Gasteiger partial charge in [0.2, 0.25) is 5.91 Å². The molecule has 1 aliphatic heterocycles. The molecule has 0 spiro atoms. The van der Waals surface area contributed by atoms with Crippen molar-refractivity contribution in [2.75, 3.05) is 11.9 Å². The highest BCUT2D eigenvalue weighted by Gasteiger charge is 2.28. The summed E-state index contributed by atoms with van der Waals surface area (Å²) in [7, 11) is 0. The summed E-state index contributed by atoms with van der Waals surface area (Å²) < 4.78 is 0. The first-order valence-electron chi connectivity index (χ1n) is 7.52. The van der Waals surface area contributed by atoms with Gasteiger partial charge in [0.05, 0.1) is 12.5 Å². The molecule has 4 heteroatoms. The first-order valence-corrected chi connectivity index (χ1v) is 8.34. The van der Waals surface area contributed by atoms with Crippen molar-refractivity contribution >= 4 is 22.9 Å². The van der Waals surface area contributed by atoms with Crippen LogP contribution >= 0.6 is 11.3 Å². The van der Waals surface area contributed by atoms with Crippen LogP contribution in [0.5, 0.6) is 0 Å². The van der Waals surface area contributed by atoms with Crippen LogP contribution in [-0.2, 0) is 24.2 Å². The highest BCUT2D eigenvalue weighted by atomic mass is 32.1. The lowest BCUT2D eigenvalue weighted by Gasteiger charge is -2.10. The number of aryl methyl sites for hydroxylation is 2. The third-order valence-corrected chi connectivity index (χ3v) is 5.62. The normalized spacial score (nSPS) is 19.0. The number of thiophene rings is 1. The summed E-state index contributed by atoms with van der Waals surface area (Å²) in [5.41, 5.74) is 3.70. The van der Waals surface area contributed by atoms with Crippen molar-refractivity contribution in [1.29, 1.82) is 0 Å². The molecule has 2 aliphatic rings. The Balaban J connectivity index is 1.42. The minimum absolute atomic E-state index is 0.0620. The summed E-state index contributed by atoms with van der Waals surface area (Å²) in [4.78, 5) is 15.2. The molecule has 1 aromatic carbocycles. The molecule has 0 radical (unpaired) electrons. The number of hydrogen-bond acceptors (Lipinski definition) is 3. The van der Waals surface area contributed by atoms with E-state index in [0.717, 1.165) is 11.3 Å². The van der Waals surface area contributed by atoms with E-state index in [2.05, 4.69) is 16.7 Å². The molecule has 0 bridgehead atoms. The third kappa shape index (κ3) is 2.33. The summed E-state index contributed by atoms with van der Waals surface area (Å²) in [5, 5.41) is 6.40. The molecule has 21 heavy (non-hydrogen) atoms. The lowest BCUT2D eigenvalue weighted by molar-refractivity contribution is -0.122. The smallest absolute Gasteiger partial charge is 0.229 e. The minimum Gasteiger partial charge on any atom is -0.384 e. The second-order valence-corrected chi connectivity index (χ2v) is 6.97. The van der Waals surface area contributed by atoms with Crippen LogP contribution < -0.4 is 10.6 Å². The molecular formula is C17H18N2OS. The van der Waals surface area contributed by atoms with Crippen LogP contribution in [0.2, 0.25) is 0 Å². The van der Waals surface area contributed by atoms with Crippen molar-refractivity contribution in [2.45, 2.75) is 31.7 Å². The van der Waals surface area contributed by atoms with Gasteiger partial charge in [0.1, 0.15) is 0 Å². The number of rotatable bonds is 3. The molecule has 0 saturated heterocycles. The fourth-order valence-corrected chi connectivity index (χ4v) is 4.49. The average Bonchev–Trinajstić information content (AvgIpc) is 3.18. The average molecular weight is 298 g/mol. The van der Waals surface area contributed by atoms with E-state index < -0.39 is 0 Å². The summed E-state index contributed by atoms with van der Waals surface area (Å²) in [6.07, 6.45) is 3.71. The van der Waals surface area contributed by atoms with Crippen LogP contribution in [0.3, 0.4) is 0 Å². The largest absolute Gasteiger partial charge is 0.384 e. The van der Waals surface area contributed by atoms with Gasteiger partial charge in [-0.1, -0.05) is 18.2 Å². The quantitative estimate of drug-likeness (QED) is 0.914. The molecule has 0 fully saturated rings. The Morgan fingerprint density at radius 2 is 2.24 bits per heavy atom. The number of carbonyl (C=O) groups is 1. The van der Waals surface area contributed by atoms with Gasteiger partial charge in [-0.2, -0.15) is 0 Å². The number of nitrogens with one attached hydrogen (secondary N) is 2. The lowest BCUT2D eigenvalue weighted by atomic mass is 10.0. The van der Waals surface area contributed by atoms with E-state index in [1.54, 1.807) is 0 Å². The molecule has 2 N–H and O–H groups in total. The van der Waals surface area contributed by atoms with E-state index in [1.807, 2.05) is 35.6 Å². The van der Waals surface area contributed by atoms with Gasteiger partial charge in [0.15, 0.2) is 0 Å². The van der Waals surface area contributed by atoms with Gasteiger partial charge < -0.3 is 10.6 Å². The van der Waals surface area contributed by atoms with Crippen LogP contribution in [0, 0.1) is 0 Å². The molecular weight excluding hydrogens is 280 g/mol. The fraction of sp³-hybridized carbons (Fsp3) is 0.353. The molecule has 0 saturated carbocycles. The Labute approximate surface area is 128 Å². The maximum atomic E-state index is 12.4. The molecule has 1 unspecified atom stereocenters. The van der Waals surface area contributed by atoms with Crippen molar-refractivity contribution in [3.63, 3.8) is 0 Å². The molecule has 1 amide bonds. The molecule has 108 valence electrons. The maximum Gasteiger partial charge on any atom is 0.229 e. The molecule has 1 aliphatic carbocycles. The second-order valence-electron chi connectivity index (χ2n) is 5.75. The molecule has 1 atom stereocenters. The number of carbonyl (C=O) groups excluding carboxylic acids is 1. The summed E-state index contributed by atoms with van der Waals surface area (Å²) in [6, 6.07) is 10.3. The van der Waals surface area contributed by atoms with Crippen molar-refractivity contribution in [3.05, 3.63) is 51.2 Å². The van der Waals surface area contributed by atoms with Gasteiger partial charge in [0.25, 0.3) is 0 Å². The van der Waals surface area contributed by atoms with Crippen molar-refractivity contribution in [2.24, 2.45) is 0 Å². The summed E-state index contributed by atoms with van der Waals surface area (Å²) in [6.45, 7) is 1.36. The molecule has 1 aromatic heterocycles. The molecule has 3 nitrogen and oxygen atoms in total. The zero-order valence-electron chi connectivity index (χ0n) is 11.8. The second kappa shape index (κ2) is 5.19. The summed E-state index contributed by atoms with van der Waals surface area (Å²) >= 11 is 1.86. The molecule has 2 aromatic rings. The SMILES string of the molecule is O=C(NCc1cc2c(s1)CCC2)C1CNc2ccccc21. The van der Waals surface area contributed by atoms with Crippen LogP contribution in [0.1, 0.15) is 33.2 Å². The number of para-hydroxylation sites is 1. The third-order valence-electron chi connectivity index (χ3n) is 4.38. The number of fused-ring (bicyclic) bond motifs is 2.